The maximum atomic E-state index is 14.7. The largest absolute Gasteiger partial charge is 0.497 e. The molecule has 0 aliphatic carbocycles. The van der Waals surface area contributed by atoms with Crippen LogP contribution in [0.2, 0.25) is 5.02 Å². The lowest BCUT2D eigenvalue weighted by molar-refractivity contribution is -0.926. The van der Waals surface area contributed by atoms with E-state index in [2.05, 4.69) is 48.2 Å². The number of benzene rings is 6. The van der Waals surface area contributed by atoms with Crippen LogP contribution in [0.3, 0.4) is 0 Å². The molecule has 3 atom stereocenters. The second kappa shape index (κ2) is 35.2. The van der Waals surface area contributed by atoms with Gasteiger partial charge in [0.2, 0.25) is 23.8 Å². The van der Waals surface area contributed by atoms with Gasteiger partial charge in [0.15, 0.2) is 5.82 Å². The molecule has 3 aromatic heterocycles. The van der Waals surface area contributed by atoms with Crippen LogP contribution in [0.15, 0.2) is 151 Å². The number of azide groups is 1. The van der Waals surface area contributed by atoms with Gasteiger partial charge in [-0.3, -0.25) is 14.5 Å². The van der Waals surface area contributed by atoms with E-state index in [0.717, 1.165) is 64.3 Å². The number of thiophene rings is 1. The number of nitrogens with one attached hydrogen (secondary N) is 4. The number of alkyl carbamates (subject to hydrolysis) is 1. The van der Waals surface area contributed by atoms with Crippen molar-refractivity contribution >= 4 is 62.7 Å². The number of esters is 1. The predicted octanol–water partition coefficient (Wildman–Crippen LogP) is 12.5. The first-order valence-corrected chi connectivity index (χ1v) is 34.5. The summed E-state index contributed by atoms with van der Waals surface area (Å²) in [4.78, 5) is 78.8. The highest BCUT2D eigenvalue weighted by atomic mass is 35.5. The second-order valence-corrected chi connectivity index (χ2v) is 26.4. The Hall–Kier alpha value is -10.5. The van der Waals surface area contributed by atoms with E-state index < -0.39 is 47.9 Å². The zero-order valence-electron chi connectivity index (χ0n) is 58.0. The van der Waals surface area contributed by atoms with Crippen molar-refractivity contribution in [3.63, 3.8) is 0 Å². The van der Waals surface area contributed by atoms with Crippen molar-refractivity contribution in [2.45, 2.75) is 78.6 Å². The molecule has 3 amide bonds. The number of quaternary nitrogens is 1. The van der Waals surface area contributed by atoms with Gasteiger partial charge < -0.3 is 58.9 Å². The minimum atomic E-state index is -1.28. The fourth-order valence-corrected chi connectivity index (χ4v) is 13.2. The SMILES string of the molecule is CNCc1cc(NC(=O)[C@H](C)NC(=O)[C@@H](NC(=O)OCCN=[N+]=[N-])C(C)C)ccc1C[N+]1(C)CCN(CCOc2ccc(-c3c(-c4ccc(F)cc4)sc4ncnc(O[C@H](Cc5ccccc5OCc5ccnc(-c6ccccc6OC)n5)C(=O)OCc5ccc(OC)cc5)c34)c(C)c2Cl)CC1. The molecule has 1 fully saturated rings. The number of amides is 3. The number of likely N-dealkylation sites (N-methyl/N-ethyl adjacent to an activating group) is 1. The number of fused-ring (bicyclic) bond motifs is 1. The van der Waals surface area contributed by atoms with E-state index in [0.29, 0.717) is 103 Å². The number of anilines is 1. The van der Waals surface area contributed by atoms with Crippen LogP contribution in [0.1, 0.15) is 54.3 Å². The van der Waals surface area contributed by atoms with Crippen LogP contribution in [0.5, 0.6) is 28.9 Å². The van der Waals surface area contributed by atoms with Crippen LogP contribution in [0.25, 0.3) is 53.6 Å². The van der Waals surface area contributed by atoms with Gasteiger partial charge in [-0.05, 0) is 132 Å². The van der Waals surface area contributed by atoms with Gasteiger partial charge >= 0.3 is 12.1 Å². The summed E-state index contributed by atoms with van der Waals surface area (Å²) in [6.45, 7) is 12.5. The van der Waals surface area contributed by atoms with Crippen molar-refractivity contribution in [2.24, 2.45) is 11.0 Å². The molecule has 1 aliphatic heterocycles. The molecular weight excluding hydrogens is 1350 g/mol. The maximum absolute atomic E-state index is 14.7. The summed E-state index contributed by atoms with van der Waals surface area (Å²) < 4.78 is 57.3. The molecular formula is C75H82ClFN13O11S+. The van der Waals surface area contributed by atoms with Gasteiger partial charge in [0.25, 0.3) is 0 Å². The van der Waals surface area contributed by atoms with Crippen LogP contribution in [-0.4, -0.2) is 152 Å². The lowest BCUT2D eigenvalue weighted by Gasteiger charge is -2.42. The molecule has 4 heterocycles. The van der Waals surface area contributed by atoms with Gasteiger partial charge in [-0.15, -0.1) is 11.3 Å². The van der Waals surface area contributed by atoms with Gasteiger partial charge in [-0.1, -0.05) is 97.3 Å². The average Bonchev–Trinajstić information content (AvgIpc) is 1.59. The summed E-state index contributed by atoms with van der Waals surface area (Å²) in [6, 6.07) is 37.8. The Morgan fingerprint density at radius 3 is 2.27 bits per heavy atom. The highest BCUT2D eigenvalue weighted by Crippen LogP contribution is 2.50. The van der Waals surface area contributed by atoms with Crippen LogP contribution in [0, 0.1) is 18.7 Å². The van der Waals surface area contributed by atoms with E-state index in [1.54, 1.807) is 71.5 Å². The molecule has 0 unspecified atom stereocenters. The monoisotopic (exact) mass is 1430 g/mol. The van der Waals surface area contributed by atoms with Crippen molar-refractivity contribution < 1.29 is 61.2 Å². The van der Waals surface area contributed by atoms with E-state index in [4.69, 9.17) is 65.2 Å². The molecule has 532 valence electrons. The highest BCUT2D eigenvalue weighted by molar-refractivity contribution is 7.22. The van der Waals surface area contributed by atoms with Crippen LogP contribution in [0.4, 0.5) is 14.9 Å². The number of hydrogen-bond donors (Lipinski definition) is 4. The Bertz CT molecular complexity index is 4460. The number of piperazine rings is 1. The van der Waals surface area contributed by atoms with Gasteiger partial charge in [0.1, 0.15) is 78.4 Å². The Morgan fingerprint density at radius 1 is 0.784 bits per heavy atom. The first-order valence-electron chi connectivity index (χ1n) is 33.3. The Kier molecular flexibility index (Phi) is 25.6. The summed E-state index contributed by atoms with van der Waals surface area (Å²) >= 11 is 8.72. The van der Waals surface area contributed by atoms with Crippen LogP contribution in [-0.2, 0) is 56.6 Å². The quantitative estimate of drug-likeness (QED) is 0.00761. The Labute approximate surface area is 600 Å². The molecule has 10 rings (SSSR count). The molecule has 9 aromatic rings. The standard InChI is InChI=1S/C75H81ClFN13O11S/c1-46(2)67(87-75(94)98-37-31-83-88-78)71(92)84-48(4)70(91)86-55-24-21-52(53(39-55)41-79-5)42-90(6)35-32-89(33-36-90)34-38-97-62-28-27-58(47(3)66(62)76)64-65-72(81-45-82-73(65)102-68(64)50-19-22-54(77)23-20-50)101-63(74(93)100-43-49-17-25-57(95-7)26-18-49)40-51-13-9-11-15-60(51)99-44-56-29-30-80-69(85-56)59-14-10-12-16-61(59)96-8/h9-30,39,45-46,48,63,67,79H,31-38,40-44H2,1-8H3,(H2-,84,86,87,91,92,94)/p+1/t48-,63+,67-/m0/s1. The molecule has 6 aromatic carbocycles. The summed E-state index contributed by atoms with van der Waals surface area (Å²) in [5.41, 5.74) is 16.7. The van der Waals surface area contributed by atoms with Crippen LogP contribution >= 0.6 is 22.9 Å². The van der Waals surface area contributed by atoms with E-state index in [9.17, 15) is 23.6 Å². The topological polar surface area (TPSA) is 285 Å². The Balaban J connectivity index is 0.823. The minimum Gasteiger partial charge on any atom is -0.497 e. The minimum absolute atomic E-state index is 0.00570. The molecule has 27 heteroatoms. The summed E-state index contributed by atoms with van der Waals surface area (Å²) in [5.74, 6) is 0.452. The third-order valence-corrected chi connectivity index (χ3v) is 19.1. The normalized spacial score (nSPS) is 13.6. The molecule has 24 nitrogen and oxygen atoms in total. The van der Waals surface area contributed by atoms with E-state index in [1.807, 2.05) is 105 Å². The van der Waals surface area contributed by atoms with Crippen molar-refractivity contribution in [1.82, 2.24) is 40.8 Å². The highest BCUT2D eigenvalue weighted by Gasteiger charge is 2.33. The van der Waals surface area contributed by atoms with Crippen molar-refractivity contribution in [2.75, 3.05) is 86.1 Å². The van der Waals surface area contributed by atoms with E-state index in [1.165, 1.54) is 29.8 Å². The number of ether oxygens (including phenoxy) is 7. The Morgan fingerprint density at radius 2 is 1.54 bits per heavy atom. The van der Waals surface area contributed by atoms with Crippen molar-refractivity contribution in [3.05, 3.63) is 201 Å². The molecule has 0 saturated carbocycles. The zero-order chi connectivity index (χ0) is 72.3. The molecule has 1 saturated heterocycles. The van der Waals surface area contributed by atoms with E-state index >= 15 is 0 Å². The maximum Gasteiger partial charge on any atom is 0.407 e. The zero-order valence-corrected chi connectivity index (χ0v) is 59.6. The van der Waals surface area contributed by atoms with Gasteiger partial charge in [0, 0.05) is 65.4 Å². The fourth-order valence-electron chi connectivity index (χ4n) is 11.8. The number of hydrogen-bond acceptors (Lipinski definition) is 19. The number of carbonyl (C=O) groups is 4. The predicted molar refractivity (Wildman–Crippen MR) is 388 cm³/mol. The molecule has 102 heavy (non-hydrogen) atoms. The number of nitrogens with zero attached hydrogens (tertiary/aromatic N) is 9. The van der Waals surface area contributed by atoms with Crippen molar-refractivity contribution in [1.29, 1.82) is 0 Å². The summed E-state index contributed by atoms with van der Waals surface area (Å²) in [5, 5.41) is 15.6. The number of para-hydroxylation sites is 2. The smallest absolute Gasteiger partial charge is 0.407 e. The fraction of sp³-hybridized carbons (Fsp3) is 0.333. The van der Waals surface area contributed by atoms with Crippen molar-refractivity contribution in [3.8, 4) is 61.8 Å². The van der Waals surface area contributed by atoms with E-state index in [-0.39, 0.29) is 44.6 Å². The third-order valence-electron chi connectivity index (χ3n) is 17.5. The molecule has 0 spiro atoms. The first-order chi connectivity index (χ1) is 49.3. The third kappa shape index (κ3) is 19.1. The second-order valence-electron chi connectivity index (χ2n) is 25.1. The molecule has 4 N–H and O–H groups in total. The lowest BCUT2D eigenvalue weighted by Crippen LogP contribution is -2.57. The average molecular weight is 1430 g/mol. The number of rotatable bonds is 32. The van der Waals surface area contributed by atoms with Crippen LogP contribution < -0.4 is 45.0 Å². The number of methoxy groups -OCH3 is 2. The number of carbonyl (C=O) groups excluding carboxylic acids is 4. The van der Waals surface area contributed by atoms with Gasteiger partial charge in [0.05, 0.1) is 69.2 Å². The van der Waals surface area contributed by atoms with Gasteiger partial charge in [-0.25, -0.2) is 33.9 Å². The number of halogens is 2. The summed E-state index contributed by atoms with van der Waals surface area (Å²) in [6.07, 6.45) is 0.919. The van der Waals surface area contributed by atoms with Gasteiger partial charge in [-0.2, -0.15) is 0 Å². The molecule has 0 bridgehead atoms. The molecule has 1 aliphatic rings. The first kappa shape index (κ1) is 74.2. The lowest BCUT2D eigenvalue weighted by atomic mass is 9.96. The molecule has 0 radical (unpaired) electrons. The number of aromatic nitrogens is 4. The summed E-state index contributed by atoms with van der Waals surface area (Å²) in [7, 11) is 7.30.